The first kappa shape index (κ1) is 15.0. The van der Waals surface area contributed by atoms with Crippen molar-refractivity contribution < 1.29 is 4.79 Å². The molecule has 1 rings (SSSR count). The van der Waals surface area contributed by atoms with Crippen LogP contribution in [0.2, 0.25) is 0 Å². The number of nitriles is 1. The third-order valence-corrected chi connectivity index (χ3v) is 2.91. The number of para-hydroxylation sites is 1. The average molecular weight is 259 g/mol. The van der Waals surface area contributed by atoms with Crippen LogP contribution < -0.4 is 5.32 Å². The van der Waals surface area contributed by atoms with Crippen molar-refractivity contribution in [3.05, 3.63) is 29.8 Å². The quantitative estimate of drug-likeness (QED) is 0.854. The summed E-state index contributed by atoms with van der Waals surface area (Å²) in [5, 5.41) is 12.1. The second kappa shape index (κ2) is 7.42. The lowest BCUT2D eigenvalue weighted by Gasteiger charge is -2.23. The van der Waals surface area contributed by atoms with E-state index in [0.29, 0.717) is 18.7 Å². The predicted molar refractivity (Wildman–Crippen MR) is 77.0 cm³/mol. The summed E-state index contributed by atoms with van der Waals surface area (Å²) in [5.74, 6) is -0.184. The summed E-state index contributed by atoms with van der Waals surface area (Å²) in [6.07, 6.45) is 0. The van der Waals surface area contributed by atoms with E-state index in [1.165, 1.54) is 0 Å². The van der Waals surface area contributed by atoms with Gasteiger partial charge < -0.3 is 10.2 Å². The van der Waals surface area contributed by atoms with Gasteiger partial charge in [-0.3, -0.25) is 4.79 Å². The van der Waals surface area contributed by atoms with Crippen LogP contribution in [0.4, 0.5) is 5.69 Å². The lowest BCUT2D eigenvalue weighted by molar-refractivity contribution is 0.0753. The SMILES string of the molecule is CCNc1ccccc1C(=O)N(CC)CC(C)C#N. The van der Waals surface area contributed by atoms with E-state index in [0.717, 1.165) is 12.2 Å². The first-order chi connectivity index (χ1) is 9.13. The van der Waals surface area contributed by atoms with Crippen LogP contribution in [0.1, 0.15) is 31.1 Å². The molecule has 1 aromatic rings. The lowest BCUT2D eigenvalue weighted by atomic mass is 10.1. The van der Waals surface area contributed by atoms with E-state index in [9.17, 15) is 4.79 Å². The van der Waals surface area contributed by atoms with Gasteiger partial charge in [-0.2, -0.15) is 5.26 Å². The van der Waals surface area contributed by atoms with Crippen LogP contribution in [-0.2, 0) is 0 Å². The molecule has 1 unspecified atom stereocenters. The Labute approximate surface area is 115 Å². The average Bonchev–Trinajstić information content (AvgIpc) is 2.44. The molecule has 1 N–H and O–H groups in total. The number of carbonyl (C=O) groups excluding carboxylic acids is 1. The number of anilines is 1. The number of carbonyl (C=O) groups is 1. The third kappa shape index (κ3) is 3.99. The minimum absolute atomic E-state index is 0.0267. The zero-order valence-electron chi connectivity index (χ0n) is 11.8. The van der Waals surface area contributed by atoms with Crippen molar-refractivity contribution in [2.75, 3.05) is 25.0 Å². The molecule has 1 atom stereocenters. The van der Waals surface area contributed by atoms with Crippen LogP contribution in [-0.4, -0.2) is 30.4 Å². The molecule has 1 amide bonds. The van der Waals surface area contributed by atoms with Gasteiger partial charge in [0.1, 0.15) is 0 Å². The molecule has 0 saturated heterocycles. The zero-order chi connectivity index (χ0) is 14.3. The fraction of sp³-hybridized carbons (Fsp3) is 0.467. The summed E-state index contributed by atoms with van der Waals surface area (Å²) in [6, 6.07) is 9.65. The van der Waals surface area contributed by atoms with Crippen LogP contribution >= 0.6 is 0 Å². The van der Waals surface area contributed by atoms with E-state index in [1.807, 2.05) is 45.0 Å². The van der Waals surface area contributed by atoms with E-state index < -0.39 is 0 Å². The van der Waals surface area contributed by atoms with Crippen molar-refractivity contribution in [2.24, 2.45) is 5.92 Å². The highest BCUT2D eigenvalue weighted by atomic mass is 16.2. The summed E-state index contributed by atoms with van der Waals surface area (Å²) < 4.78 is 0. The summed E-state index contributed by atoms with van der Waals surface area (Å²) in [7, 11) is 0. The van der Waals surface area contributed by atoms with Crippen LogP contribution in [0, 0.1) is 17.2 Å². The Morgan fingerprint density at radius 3 is 2.68 bits per heavy atom. The number of nitrogens with one attached hydrogen (secondary N) is 1. The minimum Gasteiger partial charge on any atom is -0.385 e. The molecule has 0 heterocycles. The van der Waals surface area contributed by atoms with Crippen molar-refractivity contribution in [1.82, 2.24) is 4.90 Å². The maximum Gasteiger partial charge on any atom is 0.255 e. The second-order valence-corrected chi connectivity index (χ2v) is 4.45. The van der Waals surface area contributed by atoms with Crippen LogP contribution in [0.5, 0.6) is 0 Å². The van der Waals surface area contributed by atoms with E-state index >= 15 is 0 Å². The normalized spacial score (nSPS) is 11.5. The highest BCUT2D eigenvalue weighted by Crippen LogP contribution is 2.17. The molecule has 0 aliphatic carbocycles. The Bertz CT molecular complexity index is 465. The molecule has 102 valence electrons. The van der Waals surface area contributed by atoms with Crippen LogP contribution in [0.3, 0.4) is 0 Å². The fourth-order valence-corrected chi connectivity index (χ4v) is 1.91. The van der Waals surface area contributed by atoms with E-state index in [2.05, 4.69) is 11.4 Å². The van der Waals surface area contributed by atoms with Gasteiger partial charge in [0.05, 0.1) is 17.6 Å². The van der Waals surface area contributed by atoms with Gasteiger partial charge in [-0.25, -0.2) is 0 Å². The van der Waals surface area contributed by atoms with Gasteiger partial charge in [-0.05, 0) is 32.9 Å². The van der Waals surface area contributed by atoms with Gasteiger partial charge in [-0.15, -0.1) is 0 Å². The topological polar surface area (TPSA) is 56.1 Å². The van der Waals surface area contributed by atoms with E-state index in [4.69, 9.17) is 5.26 Å². The number of nitrogens with zero attached hydrogens (tertiary/aromatic N) is 2. The zero-order valence-corrected chi connectivity index (χ0v) is 11.8. The number of benzene rings is 1. The molecule has 0 spiro atoms. The molecule has 0 radical (unpaired) electrons. The maximum atomic E-state index is 12.5. The molecule has 1 aromatic carbocycles. The molecule has 0 bridgehead atoms. The lowest BCUT2D eigenvalue weighted by Crippen LogP contribution is -2.34. The molecule has 0 fully saturated rings. The van der Waals surface area contributed by atoms with Gasteiger partial charge in [0.25, 0.3) is 5.91 Å². The first-order valence-corrected chi connectivity index (χ1v) is 6.65. The molecule has 0 aliphatic heterocycles. The fourth-order valence-electron chi connectivity index (χ4n) is 1.91. The minimum atomic E-state index is -0.157. The number of amides is 1. The number of rotatable bonds is 6. The Morgan fingerprint density at radius 2 is 2.11 bits per heavy atom. The van der Waals surface area contributed by atoms with Crippen LogP contribution in [0.15, 0.2) is 24.3 Å². The monoisotopic (exact) mass is 259 g/mol. The van der Waals surface area contributed by atoms with E-state index in [1.54, 1.807) is 4.90 Å². The van der Waals surface area contributed by atoms with Crippen molar-refractivity contribution in [2.45, 2.75) is 20.8 Å². The van der Waals surface area contributed by atoms with Crippen molar-refractivity contribution in [3.8, 4) is 6.07 Å². The molecule has 19 heavy (non-hydrogen) atoms. The maximum absolute atomic E-state index is 12.5. The molecule has 0 saturated carbocycles. The van der Waals surface area contributed by atoms with Gasteiger partial charge in [0.2, 0.25) is 0 Å². The van der Waals surface area contributed by atoms with Gasteiger partial charge in [-0.1, -0.05) is 12.1 Å². The number of hydrogen-bond acceptors (Lipinski definition) is 3. The highest BCUT2D eigenvalue weighted by molar-refractivity contribution is 5.99. The molecular formula is C15H21N3O. The highest BCUT2D eigenvalue weighted by Gasteiger charge is 2.18. The molecule has 4 heteroatoms. The summed E-state index contributed by atoms with van der Waals surface area (Å²) in [6.45, 7) is 7.59. The Morgan fingerprint density at radius 1 is 1.42 bits per heavy atom. The van der Waals surface area contributed by atoms with Gasteiger partial charge in [0.15, 0.2) is 0 Å². The molecule has 0 aromatic heterocycles. The summed E-state index contributed by atoms with van der Waals surface area (Å²) >= 11 is 0. The third-order valence-electron chi connectivity index (χ3n) is 2.91. The van der Waals surface area contributed by atoms with Crippen molar-refractivity contribution >= 4 is 11.6 Å². The molecule has 0 aliphatic rings. The first-order valence-electron chi connectivity index (χ1n) is 6.65. The largest absolute Gasteiger partial charge is 0.385 e. The summed E-state index contributed by atoms with van der Waals surface area (Å²) in [4.78, 5) is 14.2. The predicted octanol–water partition coefficient (Wildman–Crippen LogP) is 2.74. The van der Waals surface area contributed by atoms with Gasteiger partial charge >= 0.3 is 0 Å². The standard InChI is InChI=1S/C15H21N3O/c1-4-17-14-9-7-6-8-13(14)15(19)18(5-2)11-12(3)10-16/h6-9,12,17H,4-5,11H2,1-3H3. The Kier molecular flexibility index (Phi) is 5.87. The van der Waals surface area contributed by atoms with Gasteiger partial charge in [0, 0.05) is 25.3 Å². The summed E-state index contributed by atoms with van der Waals surface area (Å²) in [5.41, 5.74) is 1.51. The Hall–Kier alpha value is -2.02. The smallest absolute Gasteiger partial charge is 0.255 e. The second-order valence-electron chi connectivity index (χ2n) is 4.45. The van der Waals surface area contributed by atoms with Crippen molar-refractivity contribution in [1.29, 1.82) is 5.26 Å². The molecule has 4 nitrogen and oxygen atoms in total. The van der Waals surface area contributed by atoms with Crippen molar-refractivity contribution in [3.63, 3.8) is 0 Å². The molecular weight excluding hydrogens is 238 g/mol. The number of hydrogen-bond donors (Lipinski definition) is 1. The Balaban J connectivity index is 2.94. The van der Waals surface area contributed by atoms with Crippen LogP contribution in [0.25, 0.3) is 0 Å². The van der Waals surface area contributed by atoms with E-state index in [-0.39, 0.29) is 11.8 Å².